The van der Waals surface area contributed by atoms with Gasteiger partial charge in [0.05, 0.1) is 12.2 Å². The van der Waals surface area contributed by atoms with E-state index in [1.807, 2.05) is 31.2 Å². The lowest BCUT2D eigenvalue weighted by molar-refractivity contribution is 0.184. The average molecular weight is 259 g/mol. The van der Waals surface area contributed by atoms with E-state index in [0.717, 1.165) is 11.1 Å². The zero-order valence-electron chi connectivity index (χ0n) is 11.3. The zero-order chi connectivity index (χ0) is 13.8. The molecule has 2 rings (SSSR count). The quantitative estimate of drug-likeness (QED) is 0.913. The lowest BCUT2D eigenvalue weighted by Crippen LogP contribution is -2.02. The van der Waals surface area contributed by atoms with Crippen LogP contribution in [0.5, 0.6) is 11.6 Å². The van der Waals surface area contributed by atoms with E-state index in [1.54, 1.807) is 14.0 Å². The Bertz CT molecular complexity index is 585. The molecule has 0 radical (unpaired) electrons. The second-order valence-electron chi connectivity index (χ2n) is 4.27. The largest absolute Gasteiger partial charge is 0.439 e. The average Bonchev–Trinajstić information content (AvgIpc) is 2.36. The summed E-state index contributed by atoms with van der Waals surface area (Å²) >= 11 is 0. The van der Waals surface area contributed by atoms with Crippen LogP contribution >= 0.6 is 0 Å². The molecule has 1 aromatic heterocycles. The van der Waals surface area contributed by atoms with Gasteiger partial charge < -0.3 is 15.2 Å². The van der Waals surface area contributed by atoms with E-state index in [2.05, 4.69) is 9.97 Å². The van der Waals surface area contributed by atoms with E-state index in [1.165, 1.54) is 0 Å². The number of hydrogen-bond donors (Lipinski definition) is 1. The minimum Gasteiger partial charge on any atom is -0.439 e. The fraction of sp³-hybridized carbons (Fsp3) is 0.286. The molecule has 0 unspecified atom stereocenters. The number of benzene rings is 1. The van der Waals surface area contributed by atoms with E-state index in [0.29, 0.717) is 29.9 Å². The summed E-state index contributed by atoms with van der Waals surface area (Å²) in [5.74, 6) is 2.22. The molecule has 19 heavy (non-hydrogen) atoms. The van der Waals surface area contributed by atoms with Crippen molar-refractivity contribution in [2.24, 2.45) is 0 Å². The first-order valence-corrected chi connectivity index (χ1v) is 5.96. The third kappa shape index (κ3) is 3.20. The van der Waals surface area contributed by atoms with Crippen LogP contribution in [0.15, 0.2) is 24.3 Å². The number of rotatable bonds is 4. The molecule has 2 N–H and O–H groups in total. The molecule has 2 aromatic rings. The number of aryl methyl sites for hydroxylation is 1. The van der Waals surface area contributed by atoms with Gasteiger partial charge in [0.1, 0.15) is 17.4 Å². The SMILES string of the molecule is COCc1cccc(Oc2nc(C)nc(N)c2C)c1. The number of aromatic nitrogens is 2. The van der Waals surface area contributed by atoms with E-state index in [9.17, 15) is 0 Å². The predicted molar refractivity (Wildman–Crippen MR) is 73.1 cm³/mol. The highest BCUT2D eigenvalue weighted by Crippen LogP contribution is 2.26. The molecule has 0 atom stereocenters. The van der Waals surface area contributed by atoms with Crippen molar-refractivity contribution in [1.29, 1.82) is 0 Å². The number of anilines is 1. The Labute approximate surface area is 112 Å². The first-order valence-electron chi connectivity index (χ1n) is 5.96. The molecule has 100 valence electrons. The number of methoxy groups -OCH3 is 1. The monoisotopic (exact) mass is 259 g/mol. The predicted octanol–water partition coefficient (Wildman–Crippen LogP) is 2.61. The standard InChI is InChI=1S/C14H17N3O2/c1-9-13(15)16-10(2)17-14(9)19-12-6-4-5-11(7-12)8-18-3/h4-7H,8H2,1-3H3,(H2,15,16,17). The first kappa shape index (κ1) is 13.3. The van der Waals surface area contributed by atoms with Gasteiger partial charge in [-0.2, -0.15) is 4.98 Å². The van der Waals surface area contributed by atoms with Crippen LogP contribution in [0.1, 0.15) is 17.0 Å². The Balaban J connectivity index is 2.28. The highest BCUT2D eigenvalue weighted by Gasteiger charge is 2.09. The van der Waals surface area contributed by atoms with Crippen molar-refractivity contribution in [2.45, 2.75) is 20.5 Å². The van der Waals surface area contributed by atoms with Crippen LogP contribution in [0, 0.1) is 13.8 Å². The van der Waals surface area contributed by atoms with E-state index in [4.69, 9.17) is 15.2 Å². The maximum absolute atomic E-state index is 5.80. The molecule has 0 saturated heterocycles. The van der Waals surface area contributed by atoms with Crippen LogP contribution in [0.25, 0.3) is 0 Å². The van der Waals surface area contributed by atoms with Crippen LogP contribution in [-0.4, -0.2) is 17.1 Å². The van der Waals surface area contributed by atoms with E-state index < -0.39 is 0 Å². The highest BCUT2D eigenvalue weighted by molar-refractivity contribution is 5.46. The molecule has 0 bridgehead atoms. The highest BCUT2D eigenvalue weighted by atomic mass is 16.5. The molecule has 0 saturated carbocycles. The minimum absolute atomic E-state index is 0.440. The van der Waals surface area contributed by atoms with Crippen LogP contribution < -0.4 is 10.5 Å². The molecule has 5 heteroatoms. The van der Waals surface area contributed by atoms with E-state index in [-0.39, 0.29) is 0 Å². The van der Waals surface area contributed by atoms with Gasteiger partial charge in [-0.15, -0.1) is 0 Å². The van der Waals surface area contributed by atoms with Crippen LogP contribution in [-0.2, 0) is 11.3 Å². The molecule has 0 aliphatic carbocycles. The van der Waals surface area contributed by atoms with Gasteiger partial charge in [0.15, 0.2) is 0 Å². The molecule has 0 aliphatic heterocycles. The number of ether oxygens (including phenoxy) is 2. The van der Waals surface area contributed by atoms with Gasteiger partial charge in [-0.1, -0.05) is 12.1 Å². The molecule has 0 amide bonds. The van der Waals surface area contributed by atoms with E-state index >= 15 is 0 Å². The van der Waals surface area contributed by atoms with Crippen molar-refractivity contribution in [2.75, 3.05) is 12.8 Å². The van der Waals surface area contributed by atoms with Crippen molar-refractivity contribution >= 4 is 5.82 Å². The van der Waals surface area contributed by atoms with Gasteiger partial charge >= 0.3 is 0 Å². The molecule has 5 nitrogen and oxygen atoms in total. The molecule has 1 heterocycles. The van der Waals surface area contributed by atoms with Gasteiger partial charge in [-0.25, -0.2) is 4.98 Å². The Kier molecular flexibility index (Phi) is 3.97. The number of hydrogen-bond acceptors (Lipinski definition) is 5. The van der Waals surface area contributed by atoms with Crippen molar-refractivity contribution in [3.8, 4) is 11.6 Å². The third-order valence-corrected chi connectivity index (χ3v) is 2.67. The van der Waals surface area contributed by atoms with Gasteiger partial charge in [0, 0.05) is 7.11 Å². The Morgan fingerprint density at radius 3 is 2.74 bits per heavy atom. The second kappa shape index (κ2) is 5.67. The van der Waals surface area contributed by atoms with Crippen LogP contribution in [0.2, 0.25) is 0 Å². The maximum atomic E-state index is 5.80. The minimum atomic E-state index is 0.440. The van der Waals surface area contributed by atoms with Crippen molar-refractivity contribution < 1.29 is 9.47 Å². The molecule has 0 spiro atoms. The molecule has 0 fully saturated rings. The number of nitrogen functional groups attached to an aromatic ring is 1. The van der Waals surface area contributed by atoms with Gasteiger partial charge in [-0.3, -0.25) is 0 Å². The van der Waals surface area contributed by atoms with Gasteiger partial charge in [0.2, 0.25) is 5.88 Å². The first-order chi connectivity index (χ1) is 9.10. The number of nitrogens with zero attached hydrogens (tertiary/aromatic N) is 2. The van der Waals surface area contributed by atoms with Crippen LogP contribution in [0.4, 0.5) is 5.82 Å². The Morgan fingerprint density at radius 2 is 2.00 bits per heavy atom. The lowest BCUT2D eigenvalue weighted by Gasteiger charge is -2.10. The summed E-state index contributed by atoms with van der Waals surface area (Å²) in [6.07, 6.45) is 0. The number of nitrogens with two attached hydrogens (primary N) is 1. The smallest absolute Gasteiger partial charge is 0.227 e. The van der Waals surface area contributed by atoms with Crippen molar-refractivity contribution in [3.63, 3.8) is 0 Å². The summed E-state index contributed by atoms with van der Waals surface area (Å²) in [5, 5.41) is 0. The summed E-state index contributed by atoms with van der Waals surface area (Å²) in [6.45, 7) is 4.16. The summed E-state index contributed by atoms with van der Waals surface area (Å²) in [5.41, 5.74) is 7.58. The molecular weight excluding hydrogens is 242 g/mol. The fourth-order valence-corrected chi connectivity index (χ4v) is 1.70. The normalized spacial score (nSPS) is 10.5. The van der Waals surface area contributed by atoms with Crippen LogP contribution in [0.3, 0.4) is 0 Å². The zero-order valence-corrected chi connectivity index (χ0v) is 11.3. The van der Waals surface area contributed by atoms with Gasteiger partial charge in [-0.05, 0) is 31.5 Å². The maximum Gasteiger partial charge on any atom is 0.227 e. The topological polar surface area (TPSA) is 70.3 Å². The summed E-state index contributed by atoms with van der Waals surface area (Å²) < 4.78 is 10.9. The molecule has 1 aromatic carbocycles. The molecule has 0 aliphatic rings. The summed E-state index contributed by atoms with van der Waals surface area (Å²) in [4.78, 5) is 8.35. The summed E-state index contributed by atoms with van der Waals surface area (Å²) in [7, 11) is 1.66. The van der Waals surface area contributed by atoms with Crippen molar-refractivity contribution in [3.05, 3.63) is 41.2 Å². The summed E-state index contributed by atoms with van der Waals surface area (Å²) in [6, 6.07) is 7.67. The Morgan fingerprint density at radius 1 is 1.21 bits per heavy atom. The fourth-order valence-electron chi connectivity index (χ4n) is 1.70. The lowest BCUT2D eigenvalue weighted by atomic mass is 10.2. The third-order valence-electron chi connectivity index (χ3n) is 2.67. The van der Waals surface area contributed by atoms with Crippen molar-refractivity contribution in [1.82, 2.24) is 9.97 Å². The second-order valence-corrected chi connectivity index (χ2v) is 4.27. The Hall–Kier alpha value is -2.14. The molecular formula is C14H17N3O2. The van der Waals surface area contributed by atoms with Gasteiger partial charge in [0.25, 0.3) is 0 Å².